The smallest absolute Gasteiger partial charge is 0.414 e. The van der Waals surface area contributed by atoms with Gasteiger partial charge in [0.25, 0.3) is 5.91 Å². The van der Waals surface area contributed by atoms with Crippen LogP contribution in [0, 0.1) is 11.3 Å². The molecule has 0 aliphatic rings. The van der Waals surface area contributed by atoms with E-state index >= 15 is 0 Å². The third kappa shape index (κ3) is 5.30. The fourth-order valence-electron chi connectivity index (χ4n) is 1.45. The topological polar surface area (TPSA) is 108 Å². The summed E-state index contributed by atoms with van der Waals surface area (Å²) < 4.78 is 4.54. The average molecular weight is 378 g/mol. The summed E-state index contributed by atoms with van der Waals surface area (Å²) >= 11 is 17.8. The highest BCUT2D eigenvalue weighted by molar-refractivity contribution is 6.41. The molecule has 0 aliphatic heterocycles. The van der Waals surface area contributed by atoms with Gasteiger partial charge in [-0.1, -0.05) is 34.8 Å². The SMILES string of the molecule is CCOC(=O)NC(=O)/C(C#N)=C\N(N)c1c(Cl)cc(Cl)cc1Cl. The van der Waals surface area contributed by atoms with Crippen LogP contribution in [0.1, 0.15) is 6.92 Å². The Bertz CT molecular complexity index is 677. The lowest BCUT2D eigenvalue weighted by Gasteiger charge is -2.17. The number of hydrazine groups is 1. The molecule has 3 N–H and O–H groups in total. The zero-order valence-corrected chi connectivity index (χ0v) is 14.0. The van der Waals surface area contributed by atoms with Gasteiger partial charge in [0.15, 0.2) is 0 Å². The summed E-state index contributed by atoms with van der Waals surface area (Å²) in [6.07, 6.45) is -0.0139. The number of imide groups is 1. The van der Waals surface area contributed by atoms with E-state index < -0.39 is 17.6 Å². The van der Waals surface area contributed by atoms with Gasteiger partial charge in [-0.2, -0.15) is 5.26 Å². The number of hydrogen-bond acceptors (Lipinski definition) is 6. The number of nitrogens with zero attached hydrogens (tertiary/aromatic N) is 2. The van der Waals surface area contributed by atoms with Gasteiger partial charge < -0.3 is 4.74 Å². The Labute approximate surface area is 147 Å². The number of nitrogens with one attached hydrogen (secondary N) is 1. The van der Waals surface area contributed by atoms with Crippen LogP contribution < -0.4 is 16.2 Å². The summed E-state index contributed by atoms with van der Waals surface area (Å²) in [5, 5.41) is 12.3. The first-order valence-electron chi connectivity index (χ1n) is 6.08. The van der Waals surface area contributed by atoms with E-state index in [0.717, 1.165) is 11.2 Å². The van der Waals surface area contributed by atoms with Crippen molar-refractivity contribution in [2.45, 2.75) is 6.92 Å². The predicted molar refractivity (Wildman–Crippen MR) is 87.0 cm³/mol. The van der Waals surface area contributed by atoms with Crippen LogP contribution >= 0.6 is 34.8 Å². The average Bonchev–Trinajstić information content (AvgIpc) is 2.43. The van der Waals surface area contributed by atoms with Crippen LogP contribution in [0.3, 0.4) is 0 Å². The molecular weight excluding hydrogens is 367 g/mol. The van der Waals surface area contributed by atoms with E-state index in [9.17, 15) is 9.59 Å². The van der Waals surface area contributed by atoms with Gasteiger partial charge in [-0.05, 0) is 19.1 Å². The van der Waals surface area contributed by atoms with Crippen molar-refractivity contribution in [1.29, 1.82) is 5.26 Å². The number of amides is 2. The van der Waals surface area contributed by atoms with Crippen molar-refractivity contribution in [3.63, 3.8) is 0 Å². The third-order valence-electron chi connectivity index (χ3n) is 2.36. The molecule has 1 rings (SSSR count). The summed E-state index contributed by atoms with van der Waals surface area (Å²) in [5.41, 5.74) is -0.322. The Morgan fingerprint density at radius 3 is 2.43 bits per heavy atom. The molecule has 0 saturated heterocycles. The van der Waals surface area contributed by atoms with E-state index in [1.54, 1.807) is 13.0 Å². The van der Waals surface area contributed by atoms with Gasteiger partial charge in [0, 0.05) is 11.2 Å². The highest BCUT2D eigenvalue weighted by atomic mass is 35.5. The second-order valence-electron chi connectivity index (χ2n) is 3.95. The number of halogens is 3. The van der Waals surface area contributed by atoms with Crippen LogP contribution in [0.4, 0.5) is 10.5 Å². The highest BCUT2D eigenvalue weighted by Gasteiger charge is 2.17. The van der Waals surface area contributed by atoms with E-state index in [0.29, 0.717) is 5.02 Å². The van der Waals surface area contributed by atoms with Gasteiger partial charge in [-0.3, -0.25) is 15.1 Å². The van der Waals surface area contributed by atoms with Gasteiger partial charge in [-0.25, -0.2) is 10.6 Å². The quantitative estimate of drug-likeness (QED) is 0.361. The largest absolute Gasteiger partial charge is 0.450 e. The summed E-state index contributed by atoms with van der Waals surface area (Å²) in [6.45, 7) is 1.64. The Morgan fingerprint density at radius 2 is 1.96 bits per heavy atom. The number of ether oxygens (including phenoxy) is 1. The van der Waals surface area contributed by atoms with Crippen LogP contribution in [0.5, 0.6) is 0 Å². The van der Waals surface area contributed by atoms with Gasteiger partial charge in [0.2, 0.25) is 0 Å². The zero-order valence-electron chi connectivity index (χ0n) is 11.8. The molecule has 23 heavy (non-hydrogen) atoms. The van der Waals surface area contributed by atoms with Crippen LogP contribution in [-0.2, 0) is 9.53 Å². The Hall–Kier alpha value is -1.98. The van der Waals surface area contributed by atoms with Crippen LogP contribution in [0.2, 0.25) is 15.1 Å². The first-order chi connectivity index (χ1) is 10.8. The molecule has 2 amide bonds. The highest BCUT2D eigenvalue weighted by Crippen LogP contribution is 2.35. The number of benzene rings is 1. The Balaban J connectivity index is 3.05. The number of rotatable bonds is 4. The minimum atomic E-state index is -0.984. The molecule has 0 aliphatic carbocycles. The maximum atomic E-state index is 11.8. The molecule has 0 atom stereocenters. The standard InChI is InChI=1S/C13H11Cl3N4O3/c1-2-23-13(22)19-12(21)7(5-17)6-20(18)11-9(15)3-8(14)4-10(11)16/h3-4,6H,2,18H2,1H3,(H,19,21,22)/b7-6-. The molecule has 0 spiro atoms. The molecule has 0 aromatic heterocycles. The van der Waals surface area contributed by atoms with Crippen molar-refractivity contribution in [3.8, 4) is 6.07 Å². The molecular formula is C13H11Cl3N4O3. The molecule has 0 radical (unpaired) electrons. The van der Waals surface area contributed by atoms with Crippen LogP contribution in [0.15, 0.2) is 23.9 Å². The summed E-state index contributed by atoms with van der Waals surface area (Å²) in [6, 6.07) is 4.39. The molecule has 0 bridgehead atoms. The molecule has 0 fully saturated rings. The van der Waals surface area contributed by atoms with Gasteiger partial charge in [0.1, 0.15) is 11.6 Å². The number of nitrogens with two attached hydrogens (primary N) is 1. The van der Waals surface area contributed by atoms with Crippen molar-refractivity contribution in [2.24, 2.45) is 5.84 Å². The molecule has 1 aromatic carbocycles. The number of hydrogen-bond donors (Lipinski definition) is 2. The van der Waals surface area contributed by atoms with E-state index in [4.69, 9.17) is 45.9 Å². The van der Waals surface area contributed by atoms with E-state index in [2.05, 4.69) is 4.74 Å². The zero-order chi connectivity index (χ0) is 17.6. The lowest BCUT2D eigenvalue weighted by Crippen LogP contribution is -2.34. The molecule has 0 saturated carbocycles. The Morgan fingerprint density at radius 1 is 1.39 bits per heavy atom. The lowest BCUT2D eigenvalue weighted by atomic mass is 10.2. The van der Waals surface area contributed by atoms with Crippen LogP contribution in [0.25, 0.3) is 0 Å². The molecule has 10 heteroatoms. The monoisotopic (exact) mass is 376 g/mol. The molecule has 122 valence electrons. The lowest BCUT2D eigenvalue weighted by molar-refractivity contribution is -0.116. The predicted octanol–water partition coefficient (Wildman–Crippen LogP) is 3.01. The van der Waals surface area contributed by atoms with Crippen LogP contribution in [-0.4, -0.2) is 18.6 Å². The van der Waals surface area contributed by atoms with E-state index in [1.165, 1.54) is 12.1 Å². The number of carbonyl (C=O) groups excluding carboxylic acids is 2. The number of nitriles is 1. The summed E-state index contributed by atoms with van der Waals surface area (Å²) in [4.78, 5) is 23.0. The maximum absolute atomic E-state index is 11.8. The normalized spacial score (nSPS) is 10.7. The number of alkyl carbamates (subject to hydrolysis) is 1. The van der Waals surface area contributed by atoms with Gasteiger partial charge in [-0.15, -0.1) is 0 Å². The van der Waals surface area contributed by atoms with E-state index in [-0.39, 0.29) is 22.3 Å². The van der Waals surface area contributed by atoms with Gasteiger partial charge >= 0.3 is 6.09 Å². The third-order valence-corrected chi connectivity index (χ3v) is 3.16. The van der Waals surface area contributed by atoms with Crippen molar-refractivity contribution >= 4 is 52.5 Å². The molecule has 7 nitrogen and oxygen atoms in total. The fourth-order valence-corrected chi connectivity index (χ4v) is 2.46. The van der Waals surface area contributed by atoms with Crippen molar-refractivity contribution in [2.75, 3.05) is 11.6 Å². The minimum absolute atomic E-state index is 0.0731. The fraction of sp³-hybridized carbons (Fsp3) is 0.154. The second kappa shape index (κ2) is 8.60. The molecule has 0 unspecified atom stereocenters. The van der Waals surface area contributed by atoms with Crippen molar-refractivity contribution < 1.29 is 14.3 Å². The first kappa shape index (κ1) is 19.1. The summed E-state index contributed by atoms with van der Waals surface area (Å²) in [7, 11) is 0. The minimum Gasteiger partial charge on any atom is -0.450 e. The maximum Gasteiger partial charge on any atom is 0.414 e. The molecule has 0 heterocycles. The van der Waals surface area contributed by atoms with Crippen molar-refractivity contribution in [1.82, 2.24) is 5.32 Å². The summed E-state index contributed by atoms with van der Waals surface area (Å²) in [5.74, 6) is 4.76. The molecule has 1 aromatic rings. The first-order valence-corrected chi connectivity index (χ1v) is 7.22. The number of carbonyl (C=O) groups is 2. The number of anilines is 1. The van der Waals surface area contributed by atoms with E-state index in [1.807, 2.05) is 5.32 Å². The second-order valence-corrected chi connectivity index (χ2v) is 5.21. The Kier molecular flexibility index (Phi) is 7.13. The van der Waals surface area contributed by atoms with Crippen molar-refractivity contribution in [3.05, 3.63) is 39.0 Å². The van der Waals surface area contributed by atoms with Gasteiger partial charge in [0.05, 0.1) is 22.3 Å².